The van der Waals surface area contributed by atoms with Gasteiger partial charge in [-0.05, 0) is 25.5 Å². The molecule has 1 heterocycles. The summed E-state index contributed by atoms with van der Waals surface area (Å²) in [6.45, 7) is 8.67. The molecule has 3 nitrogen and oxygen atoms in total. The van der Waals surface area contributed by atoms with Crippen LogP contribution in [-0.4, -0.2) is 41.1 Å². The summed E-state index contributed by atoms with van der Waals surface area (Å²) in [5, 5.41) is 3.55. The number of hydrogen-bond acceptors (Lipinski definition) is 3. The van der Waals surface area contributed by atoms with E-state index in [2.05, 4.69) is 44.2 Å². The number of carbonyl (C=O) groups excluding carboxylic acids is 1. The molecule has 4 atom stereocenters. The van der Waals surface area contributed by atoms with Crippen LogP contribution < -0.4 is 5.32 Å². The quantitative estimate of drug-likeness (QED) is 0.773. The molecule has 1 amide bonds. The Morgan fingerprint density at radius 1 is 1.39 bits per heavy atom. The van der Waals surface area contributed by atoms with Crippen LogP contribution in [0.3, 0.4) is 0 Å². The first-order valence-electron chi connectivity index (χ1n) is 7.13. The Labute approximate surface area is 116 Å². The third-order valence-electron chi connectivity index (χ3n) is 3.89. The fourth-order valence-electron chi connectivity index (χ4n) is 2.66. The highest BCUT2D eigenvalue weighted by Gasteiger charge is 2.42. The number of carbonyl (C=O) groups is 1. The fraction of sp³-hybridized carbons (Fsp3) is 0.929. The molecule has 1 rings (SSSR count). The van der Waals surface area contributed by atoms with Gasteiger partial charge >= 0.3 is 0 Å². The number of rotatable bonds is 7. The lowest BCUT2D eigenvalue weighted by molar-refractivity contribution is -0.132. The minimum Gasteiger partial charge on any atom is -0.322 e. The predicted octanol–water partition coefficient (Wildman–Crippen LogP) is 2.71. The van der Waals surface area contributed by atoms with Crippen LogP contribution in [0, 0.1) is 5.92 Å². The molecule has 18 heavy (non-hydrogen) atoms. The molecule has 1 N–H and O–H groups in total. The van der Waals surface area contributed by atoms with Gasteiger partial charge < -0.3 is 4.90 Å². The van der Waals surface area contributed by atoms with Crippen molar-refractivity contribution in [3.63, 3.8) is 0 Å². The van der Waals surface area contributed by atoms with Crippen molar-refractivity contribution in [3.8, 4) is 0 Å². The Morgan fingerprint density at radius 2 is 2.06 bits per heavy atom. The second kappa shape index (κ2) is 7.39. The molecule has 4 heteroatoms. The molecular formula is C14H28N2OS. The summed E-state index contributed by atoms with van der Waals surface area (Å²) in [6, 6.07) is 0.349. The topological polar surface area (TPSA) is 32.3 Å². The van der Waals surface area contributed by atoms with Gasteiger partial charge in [0.05, 0.1) is 12.2 Å². The lowest BCUT2D eigenvalue weighted by atomic mass is 9.99. The van der Waals surface area contributed by atoms with Gasteiger partial charge in [-0.1, -0.05) is 33.6 Å². The largest absolute Gasteiger partial charge is 0.322 e. The van der Waals surface area contributed by atoms with E-state index in [-0.39, 0.29) is 12.2 Å². The molecular weight excluding hydrogens is 244 g/mol. The van der Waals surface area contributed by atoms with E-state index in [0.29, 0.717) is 17.9 Å². The molecule has 0 spiro atoms. The summed E-state index contributed by atoms with van der Waals surface area (Å²) in [4.78, 5) is 14.7. The summed E-state index contributed by atoms with van der Waals surface area (Å²) in [5.41, 5.74) is 0. The zero-order chi connectivity index (χ0) is 13.7. The lowest BCUT2D eigenvalue weighted by Gasteiger charge is -2.30. The van der Waals surface area contributed by atoms with Crippen molar-refractivity contribution in [2.24, 2.45) is 5.92 Å². The third kappa shape index (κ3) is 3.41. The van der Waals surface area contributed by atoms with Crippen LogP contribution in [0.15, 0.2) is 0 Å². The van der Waals surface area contributed by atoms with Gasteiger partial charge in [0.2, 0.25) is 5.91 Å². The van der Waals surface area contributed by atoms with E-state index in [1.807, 2.05) is 11.8 Å². The SMILES string of the molecule is CCCC1NC(C(C)CC)C(=O)N1C(C)CSC. The van der Waals surface area contributed by atoms with E-state index in [1.165, 1.54) is 0 Å². The van der Waals surface area contributed by atoms with Crippen LogP contribution in [0.4, 0.5) is 0 Å². The molecule has 4 unspecified atom stereocenters. The highest BCUT2D eigenvalue weighted by atomic mass is 32.2. The zero-order valence-electron chi connectivity index (χ0n) is 12.4. The molecule has 1 fully saturated rings. The van der Waals surface area contributed by atoms with Gasteiger partial charge in [-0.15, -0.1) is 0 Å². The standard InChI is InChI=1S/C14H28N2OS/c1-6-8-12-15-13(10(3)7-2)14(17)16(12)11(4)9-18-5/h10-13,15H,6-9H2,1-5H3. The van der Waals surface area contributed by atoms with Crippen LogP contribution in [0.5, 0.6) is 0 Å². The van der Waals surface area contributed by atoms with Crippen LogP contribution >= 0.6 is 11.8 Å². The fourth-order valence-corrected chi connectivity index (χ4v) is 3.30. The van der Waals surface area contributed by atoms with Crippen molar-refractivity contribution in [2.45, 2.75) is 65.2 Å². The molecule has 0 radical (unpaired) electrons. The van der Waals surface area contributed by atoms with E-state index in [9.17, 15) is 4.79 Å². The summed E-state index contributed by atoms with van der Waals surface area (Å²) in [5.74, 6) is 1.74. The van der Waals surface area contributed by atoms with Crippen molar-refractivity contribution in [2.75, 3.05) is 12.0 Å². The number of hydrogen-bond donors (Lipinski definition) is 1. The van der Waals surface area contributed by atoms with Gasteiger partial charge in [-0.2, -0.15) is 11.8 Å². The summed E-state index contributed by atoms with van der Waals surface area (Å²) >= 11 is 1.81. The number of nitrogens with zero attached hydrogens (tertiary/aromatic N) is 1. The van der Waals surface area contributed by atoms with Crippen molar-refractivity contribution in [1.29, 1.82) is 0 Å². The highest BCUT2D eigenvalue weighted by molar-refractivity contribution is 7.98. The molecule has 0 saturated carbocycles. The first kappa shape index (κ1) is 15.8. The summed E-state index contributed by atoms with van der Waals surface area (Å²) in [6.07, 6.45) is 5.56. The van der Waals surface area contributed by atoms with Crippen molar-refractivity contribution in [1.82, 2.24) is 10.2 Å². The maximum Gasteiger partial charge on any atom is 0.241 e. The number of nitrogens with one attached hydrogen (secondary N) is 1. The van der Waals surface area contributed by atoms with Crippen molar-refractivity contribution >= 4 is 17.7 Å². The van der Waals surface area contributed by atoms with Gasteiger partial charge in [-0.25, -0.2) is 0 Å². The monoisotopic (exact) mass is 272 g/mol. The van der Waals surface area contributed by atoms with Gasteiger partial charge in [-0.3, -0.25) is 10.1 Å². The Balaban J connectivity index is 2.80. The first-order chi connectivity index (χ1) is 8.56. The Bertz CT molecular complexity index is 273. The summed E-state index contributed by atoms with van der Waals surface area (Å²) in [7, 11) is 0. The van der Waals surface area contributed by atoms with E-state index in [0.717, 1.165) is 25.0 Å². The van der Waals surface area contributed by atoms with Gasteiger partial charge in [0, 0.05) is 11.8 Å². The van der Waals surface area contributed by atoms with Crippen LogP contribution in [0.25, 0.3) is 0 Å². The van der Waals surface area contributed by atoms with E-state index >= 15 is 0 Å². The van der Waals surface area contributed by atoms with Crippen LogP contribution in [0.2, 0.25) is 0 Å². The Morgan fingerprint density at radius 3 is 2.56 bits per heavy atom. The molecule has 106 valence electrons. The number of thioether (sulfide) groups is 1. The third-order valence-corrected chi connectivity index (χ3v) is 4.70. The smallest absolute Gasteiger partial charge is 0.241 e. The second-order valence-electron chi connectivity index (χ2n) is 5.38. The predicted molar refractivity (Wildman–Crippen MR) is 79.8 cm³/mol. The Hall–Kier alpha value is -0.220. The van der Waals surface area contributed by atoms with Crippen molar-refractivity contribution in [3.05, 3.63) is 0 Å². The average molecular weight is 272 g/mol. The minimum absolute atomic E-state index is 0.0239. The van der Waals surface area contributed by atoms with Gasteiger partial charge in [0.25, 0.3) is 0 Å². The first-order valence-corrected chi connectivity index (χ1v) is 8.53. The molecule has 1 aliphatic heterocycles. The molecule has 0 bridgehead atoms. The Kier molecular flexibility index (Phi) is 6.50. The van der Waals surface area contributed by atoms with Crippen LogP contribution in [0.1, 0.15) is 47.0 Å². The maximum atomic E-state index is 12.6. The minimum atomic E-state index is 0.0239. The normalized spacial score (nSPS) is 27.6. The molecule has 0 aromatic heterocycles. The van der Waals surface area contributed by atoms with Crippen LogP contribution in [-0.2, 0) is 4.79 Å². The highest BCUT2D eigenvalue weighted by Crippen LogP contribution is 2.24. The number of amides is 1. The summed E-state index contributed by atoms with van der Waals surface area (Å²) < 4.78 is 0. The van der Waals surface area contributed by atoms with Gasteiger partial charge in [0.1, 0.15) is 0 Å². The van der Waals surface area contributed by atoms with Crippen molar-refractivity contribution < 1.29 is 4.79 Å². The maximum absolute atomic E-state index is 12.6. The molecule has 1 aliphatic rings. The van der Waals surface area contributed by atoms with E-state index in [1.54, 1.807) is 0 Å². The molecule has 0 aromatic rings. The van der Waals surface area contributed by atoms with E-state index < -0.39 is 0 Å². The molecule has 1 saturated heterocycles. The molecule has 0 aromatic carbocycles. The average Bonchev–Trinajstić information content (AvgIpc) is 2.66. The second-order valence-corrected chi connectivity index (χ2v) is 6.29. The van der Waals surface area contributed by atoms with Gasteiger partial charge in [0.15, 0.2) is 0 Å². The van der Waals surface area contributed by atoms with E-state index in [4.69, 9.17) is 0 Å². The lowest BCUT2D eigenvalue weighted by Crippen LogP contribution is -2.44. The molecule has 0 aliphatic carbocycles. The zero-order valence-corrected chi connectivity index (χ0v) is 13.2.